The number of non-ortho nitro benzene ring substituents is 1. The Hall–Kier alpha value is -2.11. The maximum atomic E-state index is 11.1. The fourth-order valence-electron chi connectivity index (χ4n) is 1.06. The van der Waals surface area contributed by atoms with E-state index < -0.39 is 11.1 Å². The van der Waals surface area contributed by atoms with E-state index >= 15 is 0 Å². The van der Waals surface area contributed by atoms with Crippen molar-refractivity contribution in [1.29, 1.82) is 0 Å². The summed E-state index contributed by atoms with van der Waals surface area (Å²) in [5.74, 6) is 0.220. The summed E-state index contributed by atoms with van der Waals surface area (Å²) in [7, 11) is 0. The Bertz CT molecular complexity index is 387. The summed E-state index contributed by atoms with van der Waals surface area (Å²) in [6, 6.07) is 5.21. The molecule has 1 rings (SSSR count). The molecule has 0 heterocycles. The lowest BCUT2D eigenvalue weighted by molar-refractivity contribution is -0.384. The molecule has 6 nitrogen and oxygen atoms in total. The predicted octanol–water partition coefficient (Wildman–Crippen LogP) is 2.91. The van der Waals surface area contributed by atoms with Gasteiger partial charge in [0, 0.05) is 12.1 Å². The molecule has 0 unspecified atom stereocenters. The zero-order chi connectivity index (χ0) is 12.7. The lowest BCUT2D eigenvalue weighted by atomic mass is 10.3. The lowest BCUT2D eigenvalue weighted by Crippen LogP contribution is -2.11. The Labute approximate surface area is 98.3 Å². The Morgan fingerprint density at radius 3 is 2.53 bits per heavy atom. The van der Waals surface area contributed by atoms with Gasteiger partial charge in [0.2, 0.25) is 0 Å². The van der Waals surface area contributed by atoms with Crippen LogP contribution in [0.5, 0.6) is 5.75 Å². The molecule has 0 N–H and O–H groups in total. The first kappa shape index (κ1) is 13.0. The number of rotatable bonds is 5. The summed E-state index contributed by atoms with van der Waals surface area (Å²) in [6.07, 6.45) is 0.896. The molecule has 0 amide bonds. The van der Waals surface area contributed by atoms with Gasteiger partial charge in [-0.3, -0.25) is 10.1 Å². The van der Waals surface area contributed by atoms with Crippen molar-refractivity contribution >= 4 is 11.8 Å². The van der Waals surface area contributed by atoms with Crippen LogP contribution in [-0.4, -0.2) is 17.7 Å². The quantitative estimate of drug-likeness (QED) is 0.259. The zero-order valence-electron chi connectivity index (χ0n) is 9.42. The molecule has 0 spiro atoms. The number of hydrogen-bond acceptors (Lipinski definition) is 5. The number of unbranched alkanes of at least 4 members (excludes halogenated alkanes) is 1. The van der Waals surface area contributed by atoms with Gasteiger partial charge in [-0.1, -0.05) is 13.3 Å². The first-order chi connectivity index (χ1) is 8.13. The molecule has 0 aliphatic rings. The number of benzene rings is 1. The van der Waals surface area contributed by atoms with Crippen LogP contribution in [0.25, 0.3) is 0 Å². The van der Waals surface area contributed by atoms with E-state index in [1.54, 1.807) is 0 Å². The Balaban J connectivity index is 2.46. The minimum absolute atomic E-state index is 0.0586. The average Bonchev–Trinajstić information content (AvgIpc) is 2.30. The van der Waals surface area contributed by atoms with Gasteiger partial charge in [0.25, 0.3) is 5.69 Å². The van der Waals surface area contributed by atoms with Crippen LogP contribution in [0.1, 0.15) is 19.8 Å². The molecule has 0 aliphatic heterocycles. The highest BCUT2D eigenvalue weighted by molar-refractivity contribution is 5.63. The number of nitro benzene ring substituents is 1. The number of carbonyl (C=O) groups excluding carboxylic acids is 1. The highest BCUT2D eigenvalue weighted by Gasteiger charge is 2.08. The zero-order valence-corrected chi connectivity index (χ0v) is 9.42. The van der Waals surface area contributed by atoms with Crippen LogP contribution < -0.4 is 4.74 Å². The molecular formula is C11H13NO5. The van der Waals surface area contributed by atoms with Crippen molar-refractivity contribution in [1.82, 2.24) is 0 Å². The summed E-state index contributed by atoms with van der Waals surface area (Å²) in [4.78, 5) is 21.0. The van der Waals surface area contributed by atoms with Gasteiger partial charge in [-0.15, -0.1) is 0 Å². The van der Waals surface area contributed by atoms with E-state index in [9.17, 15) is 14.9 Å². The van der Waals surface area contributed by atoms with Gasteiger partial charge in [-0.2, -0.15) is 0 Å². The second-order valence-electron chi connectivity index (χ2n) is 3.31. The van der Waals surface area contributed by atoms with Gasteiger partial charge in [-0.25, -0.2) is 4.79 Å². The molecule has 92 valence electrons. The number of carbonyl (C=O) groups is 1. The standard InChI is InChI=1S/C11H13NO5/c1-2-3-8-16-11(13)17-10-6-4-9(5-7-10)12(14)15/h4-7H,2-3,8H2,1H3. The van der Waals surface area contributed by atoms with Crippen LogP contribution >= 0.6 is 0 Å². The summed E-state index contributed by atoms with van der Waals surface area (Å²) in [6.45, 7) is 2.29. The molecule has 0 aromatic heterocycles. The maximum Gasteiger partial charge on any atom is 0.513 e. The van der Waals surface area contributed by atoms with E-state index in [4.69, 9.17) is 9.47 Å². The van der Waals surface area contributed by atoms with Gasteiger partial charge in [0.1, 0.15) is 5.75 Å². The van der Waals surface area contributed by atoms with E-state index in [2.05, 4.69) is 0 Å². The van der Waals surface area contributed by atoms with E-state index in [0.29, 0.717) is 6.61 Å². The van der Waals surface area contributed by atoms with Gasteiger partial charge in [0.15, 0.2) is 0 Å². The highest BCUT2D eigenvalue weighted by atomic mass is 16.7. The van der Waals surface area contributed by atoms with Crippen LogP contribution in [0, 0.1) is 10.1 Å². The van der Waals surface area contributed by atoms with Gasteiger partial charge in [-0.05, 0) is 18.6 Å². The van der Waals surface area contributed by atoms with Gasteiger partial charge >= 0.3 is 6.16 Å². The molecule has 0 fully saturated rings. The average molecular weight is 239 g/mol. The van der Waals surface area contributed by atoms with Crippen LogP contribution in [-0.2, 0) is 4.74 Å². The van der Waals surface area contributed by atoms with Crippen molar-refractivity contribution in [2.45, 2.75) is 19.8 Å². The van der Waals surface area contributed by atoms with E-state index in [1.807, 2.05) is 6.92 Å². The molecule has 0 bridgehead atoms. The van der Waals surface area contributed by atoms with Gasteiger partial charge in [0.05, 0.1) is 11.5 Å². The van der Waals surface area contributed by atoms with Crippen molar-refractivity contribution in [2.24, 2.45) is 0 Å². The predicted molar refractivity (Wildman–Crippen MR) is 60.0 cm³/mol. The highest BCUT2D eigenvalue weighted by Crippen LogP contribution is 2.17. The largest absolute Gasteiger partial charge is 0.513 e. The van der Waals surface area contributed by atoms with E-state index in [1.165, 1.54) is 24.3 Å². The number of nitrogens with zero attached hydrogens (tertiary/aromatic N) is 1. The third-order valence-electron chi connectivity index (χ3n) is 1.97. The summed E-state index contributed by atoms with van der Waals surface area (Å²) in [5.41, 5.74) is -0.0586. The monoisotopic (exact) mass is 239 g/mol. The fourth-order valence-corrected chi connectivity index (χ4v) is 1.06. The van der Waals surface area contributed by atoms with Crippen LogP contribution in [0.4, 0.5) is 10.5 Å². The van der Waals surface area contributed by atoms with Crippen molar-refractivity contribution in [3.8, 4) is 5.75 Å². The van der Waals surface area contributed by atoms with Crippen LogP contribution in [0.2, 0.25) is 0 Å². The molecule has 1 aromatic carbocycles. The molecule has 0 saturated heterocycles. The first-order valence-corrected chi connectivity index (χ1v) is 5.22. The Morgan fingerprint density at radius 1 is 1.35 bits per heavy atom. The van der Waals surface area contributed by atoms with E-state index in [0.717, 1.165) is 12.8 Å². The Morgan fingerprint density at radius 2 is 2.00 bits per heavy atom. The number of ether oxygens (including phenoxy) is 2. The second kappa shape index (κ2) is 6.47. The van der Waals surface area contributed by atoms with Crippen LogP contribution in [0.3, 0.4) is 0 Å². The summed E-state index contributed by atoms with van der Waals surface area (Å²) >= 11 is 0. The van der Waals surface area contributed by atoms with Crippen molar-refractivity contribution in [3.05, 3.63) is 34.4 Å². The molecule has 6 heteroatoms. The second-order valence-corrected chi connectivity index (χ2v) is 3.31. The normalized spacial score (nSPS) is 9.71. The molecule has 0 radical (unpaired) electrons. The van der Waals surface area contributed by atoms with Crippen molar-refractivity contribution in [3.63, 3.8) is 0 Å². The van der Waals surface area contributed by atoms with Crippen molar-refractivity contribution < 1.29 is 19.2 Å². The molecular weight excluding hydrogens is 226 g/mol. The molecule has 0 saturated carbocycles. The molecule has 0 atom stereocenters. The van der Waals surface area contributed by atoms with Crippen molar-refractivity contribution in [2.75, 3.05) is 6.61 Å². The number of hydrogen-bond donors (Lipinski definition) is 0. The lowest BCUT2D eigenvalue weighted by Gasteiger charge is -2.04. The fraction of sp³-hybridized carbons (Fsp3) is 0.364. The summed E-state index contributed by atoms with van der Waals surface area (Å²) < 4.78 is 9.58. The van der Waals surface area contributed by atoms with Gasteiger partial charge < -0.3 is 9.47 Å². The first-order valence-electron chi connectivity index (χ1n) is 5.22. The summed E-state index contributed by atoms with van der Waals surface area (Å²) in [5, 5.41) is 10.4. The molecule has 1 aromatic rings. The third kappa shape index (κ3) is 4.50. The smallest absolute Gasteiger partial charge is 0.434 e. The molecule has 17 heavy (non-hydrogen) atoms. The topological polar surface area (TPSA) is 78.7 Å². The van der Waals surface area contributed by atoms with Crippen LogP contribution in [0.15, 0.2) is 24.3 Å². The Kier molecular flexibility index (Phi) is 4.93. The van der Waals surface area contributed by atoms with E-state index in [-0.39, 0.29) is 11.4 Å². The number of nitro groups is 1. The minimum atomic E-state index is -0.799. The minimum Gasteiger partial charge on any atom is -0.434 e. The third-order valence-corrected chi connectivity index (χ3v) is 1.97. The molecule has 0 aliphatic carbocycles. The maximum absolute atomic E-state index is 11.1. The SMILES string of the molecule is CCCCOC(=O)Oc1ccc([N+](=O)[O-])cc1.